The molecule has 2 aliphatic carbocycles. The standard InChI is InChI=1S/C20H11N3O7S.C16H11N3O4.Cr.Na/c24-16-8-5-11-3-1-2-4-13(11)19(16)21-22-20-14-7-6-12(23(26)27)9-15(14)18(10-17(20)25)31(28,29)30;20-14-8-5-10-3-1-2-4-12(10)16(14)18-17-13-7-6-11(19(22)23)9-15(13)21;;/h1-10H,(H,28,29,30);1-9,20-21H;;/q-2;;+3;+1/p-2. The molecule has 0 N–H and O–H groups in total. The minimum absolute atomic E-state index is 0. The van der Waals surface area contributed by atoms with Crippen molar-refractivity contribution < 1.29 is 86.0 Å². The zero-order valence-electron chi connectivity index (χ0n) is 29.5. The number of fused-ring (bicyclic) bond motifs is 3. The summed E-state index contributed by atoms with van der Waals surface area (Å²) in [7, 11) is -5.11. The molecule has 0 aromatic heterocycles. The number of nitrogens with zero attached hydrogens (tertiary/aromatic N) is 6. The van der Waals surface area contributed by atoms with Crippen molar-refractivity contribution >= 4 is 77.6 Å². The van der Waals surface area contributed by atoms with Gasteiger partial charge in [-0.3, -0.25) is 19.7 Å². The molecule has 17 nitrogen and oxygen atoms in total. The number of benzene rings is 5. The molecule has 0 heterocycles. The van der Waals surface area contributed by atoms with Gasteiger partial charge in [0.25, 0.3) is 5.69 Å². The number of anilines is 1. The number of carbonyl (C=O) groups is 2. The predicted octanol–water partition coefficient (Wildman–Crippen LogP) is 2.17. The average Bonchev–Trinajstić information content (AvgIpc) is 3.14. The van der Waals surface area contributed by atoms with E-state index >= 15 is 0 Å². The Bertz CT molecular complexity index is 2690. The monoisotopic (exact) mass is 819 g/mol. The summed E-state index contributed by atoms with van der Waals surface area (Å²) in [5.41, 5.74) is -0.376. The molecule has 0 fully saturated rings. The van der Waals surface area contributed by atoms with E-state index in [1.165, 1.54) is 18.2 Å². The van der Waals surface area contributed by atoms with Crippen LogP contribution in [0.3, 0.4) is 0 Å². The third-order valence-corrected chi connectivity index (χ3v) is 8.76. The van der Waals surface area contributed by atoms with Crippen LogP contribution in [-0.2, 0) is 37.1 Å². The number of azo groups is 1. The van der Waals surface area contributed by atoms with Crippen molar-refractivity contribution in [3.63, 3.8) is 0 Å². The molecule has 0 spiro atoms. The predicted molar refractivity (Wildman–Crippen MR) is 193 cm³/mol. The van der Waals surface area contributed by atoms with E-state index in [1.807, 2.05) is 12.1 Å². The van der Waals surface area contributed by atoms with Crippen LogP contribution >= 0.6 is 0 Å². The van der Waals surface area contributed by atoms with Crippen molar-refractivity contribution in [2.75, 3.05) is 5.23 Å². The summed E-state index contributed by atoms with van der Waals surface area (Å²) in [6.45, 7) is 0. The number of ketones is 2. The Labute approximate surface area is 350 Å². The molecule has 0 atom stereocenters. The fourth-order valence-electron chi connectivity index (χ4n) is 5.34. The van der Waals surface area contributed by atoms with E-state index in [0.29, 0.717) is 22.6 Å². The number of nitro groups is 1. The summed E-state index contributed by atoms with van der Waals surface area (Å²) in [4.78, 5) is 33.8. The Balaban J connectivity index is 0.000000301. The second-order valence-electron chi connectivity index (χ2n) is 11.2. The maximum atomic E-state index is 12.5. The number of rotatable bonds is 6. The Morgan fingerprint density at radius 1 is 0.714 bits per heavy atom. The SMILES string of the molecule is O=C1C=Cc2ccccc2C1=NN=C1C(=O)C=C(S(=O)(=O)[O-])c2cc(N([O-])[O-])ccc21.O=[N+]([O-])c1ccc(N=Nc2c([O-])ccc3ccccc23)c([O-])c1.[Cr+3].[H+].[Na+]. The van der Waals surface area contributed by atoms with Gasteiger partial charge in [0, 0.05) is 46.0 Å². The van der Waals surface area contributed by atoms with Gasteiger partial charge >= 0.3 is 48.3 Å². The van der Waals surface area contributed by atoms with Crippen LogP contribution in [0.15, 0.2) is 130 Å². The van der Waals surface area contributed by atoms with Gasteiger partial charge in [-0.25, -0.2) is 8.42 Å². The van der Waals surface area contributed by atoms with Gasteiger partial charge in [-0.1, -0.05) is 78.2 Å². The zero-order valence-corrected chi connectivity index (χ0v) is 32.6. The molecule has 0 saturated carbocycles. The molecule has 273 valence electrons. The molecule has 56 heavy (non-hydrogen) atoms. The molecule has 2 aliphatic rings. The summed E-state index contributed by atoms with van der Waals surface area (Å²) in [5, 5.41) is 72.6. The van der Waals surface area contributed by atoms with Gasteiger partial charge in [-0.05, 0) is 41.3 Å². The van der Waals surface area contributed by atoms with Crippen molar-refractivity contribution in [2.24, 2.45) is 20.4 Å². The minimum Gasteiger partial charge on any atom is -0.871 e. The summed E-state index contributed by atoms with van der Waals surface area (Å²) in [6.07, 6.45) is 3.45. The third-order valence-electron chi connectivity index (χ3n) is 7.89. The van der Waals surface area contributed by atoms with Gasteiger partial charge in [0.1, 0.15) is 21.5 Å². The van der Waals surface area contributed by atoms with E-state index in [2.05, 4.69) is 20.4 Å². The normalized spacial score (nSPS) is 14.6. The van der Waals surface area contributed by atoms with Crippen molar-refractivity contribution in [1.29, 1.82) is 0 Å². The topological polar surface area (TPSA) is 279 Å². The molecule has 0 amide bonds. The van der Waals surface area contributed by atoms with Crippen LogP contribution in [0.25, 0.3) is 21.8 Å². The maximum absolute atomic E-state index is 12.5. The number of allylic oxidation sites excluding steroid dienone is 2. The Kier molecular flexibility index (Phi) is 13.7. The van der Waals surface area contributed by atoms with Gasteiger partial charge in [-0.15, -0.1) is 10.2 Å². The molecule has 1 radical (unpaired) electrons. The van der Waals surface area contributed by atoms with Crippen LogP contribution < -0.4 is 45.0 Å². The van der Waals surface area contributed by atoms with Crippen LogP contribution in [0.5, 0.6) is 11.5 Å². The van der Waals surface area contributed by atoms with Crippen LogP contribution in [0.1, 0.15) is 23.7 Å². The second-order valence-corrected chi connectivity index (χ2v) is 12.6. The first-order valence-electron chi connectivity index (χ1n) is 15.3. The first-order chi connectivity index (χ1) is 25.7. The molecular weight excluding hydrogens is 799 g/mol. The van der Waals surface area contributed by atoms with E-state index in [1.54, 1.807) is 48.5 Å². The van der Waals surface area contributed by atoms with Crippen LogP contribution in [0.2, 0.25) is 0 Å². The number of nitro benzene ring substituents is 1. The molecule has 0 unspecified atom stereocenters. The molecule has 0 saturated heterocycles. The molecule has 7 rings (SSSR count). The van der Waals surface area contributed by atoms with Gasteiger partial charge in [0.05, 0.1) is 21.2 Å². The van der Waals surface area contributed by atoms with Crippen molar-refractivity contribution in [2.45, 2.75) is 0 Å². The van der Waals surface area contributed by atoms with E-state index < -0.39 is 48.2 Å². The first kappa shape index (κ1) is 43.0. The number of hydrogen-bond acceptors (Lipinski definition) is 16. The number of hydrogen-bond donors (Lipinski definition) is 0. The molecule has 5 aromatic carbocycles. The molecule has 0 aliphatic heterocycles. The number of non-ortho nitro benzene ring substituents is 1. The largest absolute Gasteiger partial charge is 3.00 e. The number of carbonyl (C=O) groups excluding carboxylic acids is 2. The van der Waals surface area contributed by atoms with Crippen molar-refractivity contribution in [3.05, 3.63) is 152 Å². The average molecular weight is 820 g/mol. The van der Waals surface area contributed by atoms with Crippen molar-refractivity contribution in [3.8, 4) is 11.5 Å². The van der Waals surface area contributed by atoms with Crippen LogP contribution in [0.4, 0.5) is 22.7 Å². The van der Waals surface area contributed by atoms with Crippen molar-refractivity contribution in [1.82, 2.24) is 0 Å². The first-order valence-corrected chi connectivity index (χ1v) is 16.7. The third kappa shape index (κ3) is 9.21. The van der Waals surface area contributed by atoms with E-state index in [4.69, 9.17) is 0 Å². The Morgan fingerprint density at radius 3 is 2.07 bits per heavy atom. The van der Waals surface area contributed by atoms with Gasteiger partial charge in [0.2, 0.25) is 11.6 Å². The van der Waals surface area contributed by atoms with Crippen LogP contribution in [-0.4, -0.2) is 40.9 Å². The molecule has 20 heteroatoms. The maximum Gasteiger partial charge on any atom is 3.00 e. The molecule has 0 bridgehead atoms. The minimum atomic E-state index is -5.11. The van der Waals surface area contributed by atoms with Gasteiger partial charge in [-0.2, -0.15) is 10.2 Å². The molecular formula is C36H20CrN6NaO11S. The van der Waals surface area contributed by atoms with Crippen LogP contribution in [0, 0.1) is 20.5 Å². The second kappa shape index (κ2) is 17.8. The summed E-state index contributed by atoms with van der Waals surface area (Å²) >= 11 is 0. The summed E-state index contributed by atoms with van der Waals surface area (Å²) in [5.74, 6) is -2.33. The Morgan fingerprint density at radius 2 is 1.39 bits per heavy atom. The molecule has 5 aromatic rings. The smallest absolute Gasteiger partial charge is 0.871 e. The van der Waals surface area contributed by atoms with E-state index in [-0.39, 0.29) is 93.7 Å². The van der Waals surface area contributed by atoms with Gasteiger partial charge < -0.3 is 30.4 Å². The zero-order chi connectivity index (χ0) is 38.7. The fourth-order valence-corrected chi connectivity index (χ4v) is 6.03. The van der Waals surface area contributed by atoms with E-state index in [9.17, 15) is 53.3 Å². The van der Waals surface area contributed by atoms with E-state index in [0.717, 1.165) is 35.7 Å². The quantitative estimate of drug-likeness (QED) is 0.0784. The summed E-state index contributed by atoms with van der Waals surface area (Å²) < 4.78 is 34.8. The summed E-state index contributed by atoms with van der Waals surface area (Å²) in [6, 6.07) is 23.4. The Hall–Kier alpha value is -5.72. The van der Waals surface area contributed by atoms with Gasteiger partial charge in [0.15, 0.2) is 0 Å². The fraction of sp³-hybridized carbons (Fsp3) is 0.